The quantitative estimate of drug-likeness (QED) is 0.705. The zero-order valence-electron chi connectivity index (χ0n) is 7.31. The summed E-state index contributed by atoms with van der Waals surface area (Å²) in [6, 6.07) is 0. The summed E-state index contributed by atoms with van der Waals surface area (Å²) in [4.78, 5) is 4.10. The van der Waals surface area contributed by atoms with E-state index in [4.69, 9.17) is 10.3 Å². The van der Waals surface area contributed by atoms with Gasteiger partial charge in [-0.05, 0) is 12.8 Å². The minimum Gasteiger partial charge on any atom is -0.382 e. The standard InChI is InChI=1S/C8H13N3O2/c9-4-6(12)8-10-7(11-13-8)5-2-1-3-5/h5-6,12H,1-4,9H2. The Balaban J connectivity index is 2.08. The molecule has 0 radical (unpaired) electrons. The fourth-order valence-electron chi connectivity index (χ4n) is 1.32. The largest absolute Gasteiger partial charge is 0.382 e. The summed E-state index contributed by atoms with van der Waals surface area (Å²) in [5.41, 5.74) is 5.26. The average molecular weight is 183 g/mol. The van der Waals surface area contributed by atoms with Crippen LogP contribution in [0, 0.1) is 0 Å². The van der Waals surface area contributed by atoms with Crippen molar-refractivity contribution < 1.29 is 9.63 Å². The first-order chi connectivity index (χ1) is 6.31. The second-order valence-corrected chi connectivity index (χ2v) is 3.37. The molecular formula is C8H13N3O2. The zero-order valence-corrected chi connectivity index (χ0v) is 7.31. The van der Waals surface area contributed by atoms with Gasteiger partial charge in [-0.25, -0.2) is 0 Å². The van der Waals surface area contributed by atoms with Gasteiger partial charge in [0, 0.05) is 12.5 Å². The van der Waals surface area contributed by atoms with E-state index in [0.29, 0.717) is 11.7 Å². The summed E-state index contributed by atoms with van der Waals surface area (Å²) in [6.07, 6.45) is 2.66. The van der Waals surface area contributed by atoms with Crippen molar-refractivity contribution in [2.45, 2.75) is 31.3 Å². The van der Waals surface area contributed by atoms with Gasteiger partial charge in [0.1, 0.15) is 6.10 Å². The van der Waals surface area contributed by atoms with Gasteiger partial charge in [-0.1, -0.05) is 11.6 Å². The maximum absolute atomic E-state index is 9.29. The summed E-state index contributed by atoms with van der Waals surface area (Å²) < 4.78 is 4.88. The van der Waals surface area contributed by atoms with Gasteiger partial charge in [0.2, 0.25) is 0 Å². The molecule has 1 saturated carbocycles. The van der Waals surface area contributed by atoms with E-state index in [9.17, 15) is 5.11 Å². The van der Waals surface area contributed by atoms with E-state index in [1.165, 1.54) is 6.42 Å². The molecule has 1 aromatic heterocycles. The van der Waals surface area contributed by atoms with Crippen LogP contribution in [0.25, 0.3) is 0 Å². The van der Waals surface area contributed by atoms with Crippen molar-refractivity contribution in [2.75, 3.05) is 6.54 Å². The number of nitrogens with two attached hydrogens (primary N) is 1. The number of aliphatic hydroxyl groups excluding tert-OH is 1. The molecule has 0 aliphatic heterocycles. The predicted molar refractivity (Wildman–Crippen MR) is 44.9 cm³/mol. The van der Waals surface area contributed by atoms with Crippen LogP contribution in [0.5, 0.6) is 0 Å². The predicted octanol–water partition coefficient (Wildman–Crippen LogP) is 0.329. The molecule has 72 valence electrons. The van der Waals surface area contributed by atoms with Gasteiger partial charge in [-0.3, -0.25) is 0 Å². The fraction of sp³-hybridized carbons (Fsp3) is 0.750. The summed E-state index contributed by atoms with van der Waals surface area (Å²) in [6.45, 7) is 0.117. The minimum atomic E-state index is -0.818. The van der Waals surface area contributed by atoms with Crippen LogP contribution in [-0.4, -0.2) is 21.8 Å². The molecule has 0 bridgehead atoms. The van der Waals surface area contributed by atoms with Gasteiger partial charge in [-0.2, -0.15) is 4.98 Å². The van der Waals surface area contributed by atoms with Crippen molar-refractivity contribution in [3.05, 3.63) is 11.7 Å². The van der Waals surface area contributed by atoms with E-state index in [2.05, 4.69) is 10.1 Å². The van der Waals surface area contributed by atoms with Gasteiger partial charge >= 0.3 is 0 Å². The second-order valence-electron chi connectivity index (χ2n) is 3.37. The molecule has 1 unspecified atom stereocenters. The van der Waals surface area contributed by atoms with Crippen molar-refractivity contribution in [3.8, 4) is 0 Å². The molecule has 5 heteroatoms. The van der Waals surface area contributed by atoms with Crippen LogP contribution < -0.4 is 5.73 Å². The second kappa shape index (κ2) is 3.43. The van der Waals surface area contributed by atoms with E-state index >= 15 is 0 Å². The Morgan fingerprint density at radius 2 is 2.38 bits per heavy atom. The molecule has 13 heavy (non-hydrogen) atoms. The zero-order chi connectivity index (χ0) is 9.26. The molecule has 1 heterocycles. The molecule has 0 saturated heterocycles. The molecule has 5 nitrogen and oxygen atoms in total. The molecule has 1 aliphatic carbocycles. The Kier molecular flexibility index (Phi) is 2.28. The number of rotatable bonds is 3. The van der Waals surface area contributed by atoms with Crippen molar-refractivity contribution in [1.82, 2.24) is 10.1 Å². The highest BCUT2D eigenvalue weighted by Gasteiger charge is 2.25. The molecular weight excluding hydrogens is 170 g/mol. The first kappa shape index (κ1) is 8.65. The lowest BCUT2D eigenvalue weighted by atomic mass is 9.85. The maximum Gasteiger partial charge on any atom is 0.256 e. The van der Waals surface area contributed by atoms with Crippen molar-refractivity contribution >= 4 is 0 Å². The molecule has 1 atom stereocenters. The third-order valence-corrected chi connectivity index (χ3v) is 2.44. The molecule has 1 aromatic rings. The highest BCUT2D eigenvalue weighted by molar-refractivity contribution is 5.00. The highest BCUT2D eigenvalue weighted by atomic mass is 16.5. The first-order valence-electron chi connectivity index (χ1n) is 4.53. The Labute approximate surface area is 75.9 Å². The molecule has 0 spiro atoms. The van der Waals surface area contributed by atoms with Gasteiger partial charge in [-0.15, -0.1) is 0 Å². The van der Waals surface area contributed by atoms with Crippen LogP contribution in [0.15, 0.2) is 4.52 Å². The summed E-state index contributed by atoms with van der Waals surface area (Å²) >= 11 is 0. The lowest BCUT2D eigenvalue weighted by Gasteiger charge is -2.20. The van der Waals surface area contributed by atoms with Crippen molar-refractivity contribution in [2.24, 2.45) is 5.73 Å². The first-order valence-corrected chi connectivity index (χ1v) is 4.53. The Morgan fingerprint density at radius 1 is 1.62 bits per heavy atom. The topological polar surface area (TPSA) is 85.2 Å². The lowest BCUT2D eigenvalue weighted by Crippen LogP contribution is -2.13. The molecule has 3 N–H and O–H groups in total. The fourth-order valence-corrected chi connectivity index (χ4v) is 1.32. The Hall–Kier alpha value is -0.940. The van der Waals surface area contributed by atoms with Crippen LogP contribution in [0.4, 0.5) is 0 Å². The number of aromatic nitrogens is 2. The van der Waals surface area contributed by atoms with Gasteiger partial charge < -0.3 is 15.4 Å². The smallest absolute Gasteiger partial charge is 0.256 e. The third-order valence-electron chi connectivity index (χ3n) is 2.44. The molecule has 0 aromatic carbocycles. The van der Waals surface area contributed by atoms with E-state index < -0.39 is 6.10 Å². The van der Waals surface area contributed by atoms with Crippen molar-refractivity contribution in [3.63, 3.8) is 0 Å². The van der Waals surface area contributed by atoms with Gasteiger partial charge in [0.15, 0.2) is 5.82 Å². The molecule has 1 aliphatic rings. The number of hydrogen-bond donors (Lipinski definition) is 2. The van der Waals surface area contributed by atoms with E-state index in [0.717, 1.165) is 12.8 Å². The van der Waals surface area contributed by atoms with Crippen LogP contribution in [-0.2, 0) is 0 Å². The van der Waals surface area contributed by atoms with Crippen LogP contribution in [0.2, 0.25) is 0 Å². The maximum atomic E-state index is 9.29. The summed E-state index contributed by atoms with van der Waals surface area (Å²) in [5.74, 6) is 1.39. The number of aliphatic hydroxyl groups is 1. The highest BCUT2D eigenvalue weighted by Crippen LogP contribution is 2.34. The molecule has 2 rings (SSSR count). The summed E-state index contributed by atoms with van der Waals surface area (Å²) in [7, 11) is 0. The lowest BCUT2D eigenvalue weighted by molar-refractivity contribution is 0.141. The van der Waals surface area contributed by atoms with Gasteiger partial charge in [0.25, 0.3) is 5.89 Å². The third kappa shape index (κ3) is 1.57. The number of nitrogens with zero attached hydrogens (tertiary/aromatic N) is 2. The Morgan fingerprint density at radius 3 is 2.92 bits per heavy atom. The SMILES string of the molecule is NCC(O)c1nc(C2CCC2)no1. The molecule has 1 fully saturated rings. The minimum absolute atomic E-state index is 0.117. The monoisotopic (exact) mass is 183 g/mol. The van der Waals surface area contributed by atoms with Crippen LogP contribution in [0.1, 0.15) is 43.0 Å². The number of hydrogen-bond acceptors (Lipinski definition) is 5. The van der Waals surface area contributed by atoms with Crippen LogP contribution in [0.3, 0.4) is 0 Å². The van der Waals surface area contributed by atoms with Crippen molar-refractivity contribution in [1.29, 1.82) is 0 Å². The van der Waals surface area contributed by atoms with E-state index in [1.807, 2.05) is 0 Å². The Bertz CT molecular complexity index is 263. The summed E-state index contributed by atoms with van der Waals surface area (Å²) in [5, 5.41) is 13.1. The van der Waals surface area contributed by atoms with E-state index in [1.54, 1.807) is 0 Å². The molecule has 0 amide bonds. The van der Waals surface area contributed by atoms with Gasteiger partial charge in [0.05, 0.1) is 0 Å². The van der Waals surface area contributed by atoms with E-state index in [-0.39, 0.29) is 12.4 Å². The average Bonchev–Trinajstić information content (AvgIpc) is 2.49. The van der Waals surface area contributed by atoms with Crippen LogP contribution >= 0.6 is 0 Å². The normalized spacial score (nSPS) is 19.8.